The van der Waals surface area contributed by atoms with Crippen molar-refractivity contribution >= 4 is 29.8 Å². The van der Waals surface area contributed by atoms with Crippen LogP contribution in [0.1, 0.15) is 69.3 Å². The number of fused-ring (bicyclic) bond motifs is 2. The number of nitrogens with one attached hydrogen (secondary N) is 4. The van der Waals surface area contributed by atoms with E-state index in [-0.39, 0.29) is 21.4 Å². The number of halogens is 10. The number of aromatic nitrogens is 3. The number of hydrogen-bond acceptors (Lipinski definition) is 12. The fourth-order valence-electron chi connectivity index (χ4n) is 8.88. The number of aliphatic hydroxyl groups is 1. The normalized spacial score (nSPS) is 17.6. The number of carbonyl (C=O) groups excluding carboxylic acids is 4. The number of hydrazine groups is 1. The first-order chi connectivity index (χ1) is 36.4. The van der Waals surface area contributed by atoms with Gasteiger partial charge in [-0.25, -0.2) is 33.0 Å². The number of methoxy groups -OCH3 is 2. The van der Waals surface area contributed by atoms with Crippen molar-refractivity contribution in [3.05, 3.63) is 101 Å². The van der Waals surface area contributed by atoms with Gasteiger partial charge in [0.1, 0.15) is 29.5 Å². The van der Waals surface area contributed by atoms with E-state index in [9.17, 15) is 59.4 Å². The predicted molar refractivity (Wildman–Crippen MR) is 261 cm³/mol. The lowest BCUT2D eigenvalue weighted by Crippen LogP contribution is -2.63. The van der Waals surface area contributed by atoms with Crippen molar-refractivity contribution in [3.63, 3.8) is 0 Å². The van der Waals surface area contributed by atoms with E-state index in [1.165, 1.54) is 12.1 Å². The number of aliphatic hydroxyl groups excluding tert-OH is 1. The lowest BCUT2D eigenvalue weighted by Gasteiger charge is -2.39. The molecule has 3 unspecified atom stereocenters. The number of carbonyl (C=O) groups is 4. The van der Waals surface area contributed by atoms with Crippen molar-refractivity contribution in [3.8, 4) is 23.0 Å². The van der Waals surface area contributed by atoms with Crippen LogP contribution in [-0.4, -0.2) is 143 Å². The zero-order valence-corrected chi connectivity index (χ0v) is 43.2. The van der Waals surface area contributed by atoms with Gasteiger partial charge in [-0.05, 0) is 102 Å². The molecule has 2 bridgehead atoms. The summed E-state index contributed by atoms with van der Waals surface area (Å²) in [5, 5.41) is 21.9. The van der Waals surface area contributed by atoms with Gasteiger partial charge in [-0.2, -0.15) is 40.2 Å². The molecule has 2 saturated heterocycles. The maximum absolute atomic E-state index is 16.0. The fourth-order valence-corrected chi connectivity index (χ4v) is 8.88. The molecule has 5 N–H and O–H groups in total. The third kappa shape index (κ3) is 14.1. The summed E-state index contributed by atoms with van der Waals surface area (Å²) >= 11 is 0. The highest BCUT2D eigenvalue weighted by Gasteiger charge is 2.57. The first-order valence-corrected chi connectivity index (χ1v) is 24.1. The van der Waals surface area contributed by atoms with Gasteiger partial charge in [-0.3, -0.25) is 19.9 Å². The SMILES string of the molecule is COC(=O)NC(C(=O)N[C@@H](Cc1ccc(C#Cc2ccc(N3CC4CCC(C3)N4C)nc2)cc1)[C@@H](O)CN(Cc1c(F)cc(-c2cnn(C(F)F)c2)cc1F)NC(=O)[C@@H](NC(=O)OC)C(C)(C)C(F)(F)F)C(C)(C)C(F)(F)F. The van der Waals surface area contributed by atoms with Crippen LogP contribution < -0.4 is 26.3 Å². The Morgan fingerprint density at radius 3 is 1.78 bits per heavy atom. The Bertz CT molecular complexity index is 2800. The van der Waals surface area contributed by atoms with E-state index in [1.54, 1.807) is 23.6 Å². The van der Waals surface area contributed by atoms with Gasteiger partial charge in [-0.1, -0.05) is 24.0 Å². The van der Waals surface area contributed by atoms with E-state index >= 15 is 8.78 Å². The van der Waals surface area contributed by atoms with Gasteiger partial charge in [0, 0.05) is 72.9 Å². The predicted octanol–water partition coefficient (Wildman–Crippen LogP) is 6.85. The summed E-state index contributed by atoms with van der Waals surface area (Å²) in [4.78, 5) is 62.0. The van der Waals surface area contributed by atoms with Gasteiger partial charge in [0.15, 0.2) is 0 Å². The minimum absolute atomic E-state index is 0.173. The highest BCUT2D eigenvalue weighted by Crippen LogP contribution is 2.42. The Kier molecular flexibility index (Phi) is 18.7. The summed E-state index contributed by atoms with van der Waals surface area (Å²) in [5.41, 5.74) is -4.20. The standard InChI is InChI=1S/C51H58F10N10O7/c1-48(2,50(56,57)58)41(65-46(75)77-6)43(73)64-38(18-29-11-8-28(9-12-29)10-13-30-14-17-40(62-21-30)69-24-33-15-16-34(25-69)68(33)5)39(72)27-70(67-44(74)42(66-47(76)78-7)49(3,4)51(59,60)61)26-35-36(52)19-31(20-37(35)53)32-22-63-71(23-32)45(54)55/h8-9,11-12,14,17,19-23,33-34,38-39,41-42,45,72H,15-16,18,24-27H2,1-7H3,(H,64,73)(H,65,75)(H,66,76)(H,67,74)/t33?,34?,38-,39-,41?,42+/m0/s1. The number of benzene rings is 2. The van der Waals surface area contributed by atoms with Crippen LogP contribution >= 0.6 is 0 Å². The molecule has 0 saturated carbocycles. The molecule has 0 spiro atoms. The van der Waals surface area contributed by atoms with Crippen LogP contribution in [0.15, 0.2) is 67.1 Å². The van der Waals surface area contributed by atoms with E-state index in [0.29, 0.717) is 68.0 Å². The van der Waals surface area contributed by atoms with Crippen molar-refractivity contribution in [1.29, 1.82) is 0 Å². The molecule has 78 heavy (non-hydrogen) atoms. The largest absolute Gasteiger partial charge is 0.453 e. The third-order valence-corrected chi connectivity index (χ3v) is 14.1. The van der Waals surface area contributed by atoms with Crippen LogP contribution in [0.2, 0.25) is 0 Å². The first kappa shape index (κ1) is 60.1. The molecule has 17 nitrogen and oxygen atoms in total. The van der Waals surface area contributed by atoms with Crippen molar-refractivity contribution in [1.82, 2.24) is 46.0 Å². The van der Waals surface area contributed by atoms with E-state index < -0.39 is 115 Å². The number of pyridine rings is 1. The Hall–Kier alpha value is -7.18. The number of anilines is 1. The van der Waals surface area contributed by atoms with Crippen LogP contribution in [0.5, 0.6) is 0 Å². The minimum atomic E-state index is -5.23. The van der Waals surface area contributed by atoms with Crippen LogP contribution in [0.25, 0.3) is 11.1 Å². The van der Waals surface area contributed by atoms with Gasteiger partial charge in [0.2, 0.25) is 5.91 Å². The summed E-state index contributed by atoms with van der Waals surface area (Å²) in [7, 11) is 3.73. The van der Waals surface area contributed by atoms with Crippen molar-refractivity contribution in [2.24, 2.45) is 10.8 Å². The highest BCUT2D eigenvalue weighted by atomic mass is 19.4. The summed E-state index contributed by atoms with van der Waals surface area (Å²) in [5.74, 6) is 0.792. The Balaban J connectivity index is 1.34. The zero-order chi connectivity index (χ0) is 57.7. The quantitative estimate of drug-likeness (QED) is 0.0396. The second kappa shape index (κ2) is 24.2. The molecule has 2 fully saturated rings. The van der Waals surface area contributed by atoms with Gasteiger partial charge in [0.05, 0.1) is 43.4 Å². The van der Waals surface area contributed by atoms with Crippen LogP contribution in [0.3, 0.4) is 0 Å². The number of nitrogens with zero attached hydrogens (tertiary/aromatic N) is 6. The molecule has 27 heteroatoms. The number of likely N-dealkylation sites (N-methyl/N-ethyl adjacent to an activating group) is 1. The maximum atomic E-state index is 16.0. The molecule has 4 amide bonds. The minimum Gasteiger partial charge on any atom is -0.453 e. The molecule has 6 rings (SSSR count). The lowest BCUT2D eigenvalue weighted by molar-refractivity contribution is -0.221. The highest BCUT2D eigenvalue weighted by molar-refractivity contribution is 5.87. The van der Waals surface area contributed by atoms with E-state index in [2.05, 4.69) is 53.6 Å². The smallest absolute Gasteiger partial charge is 0.407 e. The average molecular weight is 1110 g/mol. The molecule has 0 aliphatic carbocycles. The van der Waals surface area contributed by atoms with Crippen LogP contribution in [0, 0.1) is 34.3 Å². The Morgan fingerprint density at radius 2 is 1.29 bits per heavy atom. The van der Waals surface area contributed by atoms with Gasteiger partial charge in [-0.15, -0.1) is 0 Å². The van der Waals surface area contributed by atoms with Gasteiger partial charge < -0.3 is 35.4 Å². The maximum Gasteiger partial charge on any atom is 0.407 e. The molecule has 4 aromatic rings. The zero-order valence-electron chi connectivity index (χ0n) is 43.2. The van der Waals surface area contributed by atoms with Crippen LogP contribution in [-0.2, 0) is 32.0 Å². The van der Waals surface area contributed by atoms with Crippen LogP contribution in [0.4, 0.5) is 59.3 Å². The van der Waals surface area contributed by atoms with Crippen molar-refractivity contribution in [2.45, 2.75) is 109 Å². The number of rotatable bonds is 18. The topological polar surface area (TPSA) is 196 Å². The summed E-state index contributed by atoms with van der Waals surface area (Å²) in [6.07, 6.45) is -10.5. The second-order valence-electron chi connectivity index (χ2n) is 20.0. The molecule has 4 heterocycles. The molecular weight excluding hydrogens is 1050 g/mol. The summed E-state index contributed by atoms with van der Waals surface area (Å²) < 4.78 is 155. The number of amides is 4. The number of piperazine rings is 1. The number of alkyl carbamates (subject to hydrolysis) is 2. The molecule has 0 radical (unpaired) electrons. The van der Waals surface area contributed by atoms with Crippen molar-refractivity contribution in [2.75, 3.05) is 45.8 Å². The molecule has 2 aromatic carbocycles. The molecule has 424 valence electrons. The number of alkyl halides is 8. The van der Waals surface area contributed by atoms with Gasteiger partial charge >= 0.3 is 31.1 Å². The number of hydrogen-bond donors (Lipinski definition) is 5. The molecule has 2 aliphatic rings. The molecule has 2 aliphatic heterocycles. The van der Waals surface area contributed by atoms with E-state index in [4.69, 9.17) is 0 Å². The summed E-state index contributed by atoms with van der Waals surface area (Å²) in [6, 6.07) is 5.25. The first-order valence-electron chi connectivity index (χ1n) is 24.1. The monoisotopic (exact) mass is 1110 g/mol. The molecule has 2 aromatic heterocycles. The lowest BCUT2D eigenvalue weighted by atomic mass is 9.82. The Morgan fingerprint density at radius 1 is 0.769 bits per heavy atom. The number of ether oxygens (including phenoxy) is 2. The second-order valence-corrected chi connectivity index (χ2v) is 20.0. The molecule has 6 atom stereocenters. The van der Waals surface area contributed by atoms with Crippen molar-refractivity contribution < 1.29 is 77.7 Å². The molecular formula is C51H58F10N10O7. The Labute approximate surface area is 442 Å². The fraction of sp³-hybridized carbons (Fsp3) is 0.490. The average Bonchev–Trinajstić information content (AvgIpc) is 3.98. The third-order valence-electron chi connectivity index (χ3n) is 14.1. The van der Waals surface area contributed by atoms with Gasteiger partial charge in [0.25, 0.3) is 5.91 Å². The van der Waals surface area contributed by atoms with E-state index in [0.717, 1.165) is 58.4 Å². The summed E-state index contributed by atoms with van der Waals surface area (Å²) in [6.45, 7) is -1.41. The van der Waals surface area contributed by atoms with E-state index in [1.807, 2.05) is 22.9 Å².